The van der Waals surface area contributed by atoms with Crippen LogP contribution in [0.3, 0.4) is 0 Å². The number of carbonyl (C=O) groups excluding carboxylic acids is 1. The lowest BCUT2D eigenvalue weighted by molar-refractivity contribution is 0.102. The highest BCUT2D eigenvalue weighted by Crippen LogP contribution is 2.24. The molecule has 1 fully saturated rings. The Labute approximate surface area is 165 Å². The third-order valence-electron chi connectivity index (χ3n) is 4.82. The second-order valence-electron chi connectivity index (χ2n) is 6.80. The number of nitrogens with zero attached hydrogens (tertiary/aromatic N) is 1. The lowest BCUT2D eigenvalue weighted by Gasteiger charge is -2.29. The number of sulfonamides is 1. The summed E-state index contributed by atoms with van der Waals surface area (Å²) in [6.45, 7) is 3.25. The van der Waals surface area contributed by atoms with E-state index in [1.807, 2.05) is 30.5 Å². The zero-order valence-electron chi connectivity index (χ0n) is 15.5. The molecular formula is C20H24N2O3S2. The Bertz CT molecular complexity index is 903. The molecule has 1 N–H and O–H groups in total. The van der Waals surface area contributed by atoms with Crippen LogP contribution < -0.4 is 5.32 Å². The molecule has 2 aromatic carbocycles. The molecule has 0 unspecified atom stereocenters. The van der Waals surface area contributed by atoms with Gasteiger partial charge in [0.1, 0.15) is 0 Å². The van der Waals surface area contributed by atoms with Crippen LogP contribution in [0.4, 0.5) is 5.69 Å². The maximum absolute atomic E-state index is 12.8. The van der Waals surface area contributed by atoms with Gasteiger partial charge in [0, 0.05) is 29.2 Å². The number of hydrogen-bond acceptors (Lipinski definition) is 4. The summed E-state index contributed by atoms with van der Waals surface area (Å²) in [5.41, 5.74) is 1.14. The first kappa shape index (κ1) is 19.9. The number of piperidine rings is 1. The van der Waals surface area contributed by atoms with Crippen LogP contribution in [0, 0.1) is 5.92 Å². The fourth-order valence-corrected chi connectivity index (χ4v) is 4.99. The first-order valence-electron chi connectivity index (χ1n) is 8.96. The molecule has 0 saturated carbocycles. The quantitative estimate of drug-likeness (QED) is 0.763. The van der Waals surface area contributed by atoms with E-state index in [2.05, 4.69) is 12.2 Å². The van der Waals surface area contributed by atoms with Crippen LogP contribution >= 0.6 is 11.8 Å². The lowest BCUT2D eigenvalue weighted by Crippen LogP contribution is -2.37. The van der Waals surface area contributed by atoms with Crippen molar-refractivity contribution >= 4 is 33.4 Å². The Morgan fingerprint density at radius 3 is 2.41 bits per heavy atom. The van der Waals surface area contributed by atoms with Gasteiger partial charge in [0.2, 0.25) is 10.0 Å². The van der Waals surface area contributed by atoms with Crippen LogP contribution in [0.2, 0.25) is 0 Å². The van der Waals surface area contributed by atoms with E-state index in [9.17, 15) is 13.2 Å². The number of carbonyl (C=O) groups is 1. The summed E-state index contributed by atoms with van der Waals surface area (Å²) < 4.78 is 27.1. The van der Waals surface area contributed by atoms with Crippen molar-refractivity contribution in [2.75, 3.05) is 24.7 Å². The second-order valence-corrected chi connectivity index (χ2v) is 9.61. The molecule has 0 bridgehead atoms. The normalized spacial score (nSPS) is 16.2. The number of nitrogens with one attached hydrogen (secondary N) is 1. The molecule has 0 radical (unpaired) electrons. The van der Waals surface area contributed by atoms with Crippen molar-refractivity contribution in [3.63, 3.8) is 0 Å². The lowest BCUT2D eigenvalue weighted by atomic mass is 10.0. The number of benzene rings is 2. The van der Waals surface area contributed by atoms with E-state index in [-0.39, 0.29) is 10.8 Å². The van der Waals surface area contributed by atoms with Crippen molar-refractivity contribution in [3.8, 4) is 0 Å². The van der Waals surface area contributed by atoms with Crippen molar-refractivity contribution in [1.29, 1.82) is 0 Å². The SMILES string of the molecule is CSc1cccc(NC(=O)c2ccc(S(=O)(=O)N3CCC(C)CC3)cc2)c1. The highest BCUT2D eigenvalue weighted by molar-refractivity contribution is 7.98. The van der Waals surface area contributed by atoms with E-state index in [0.29, 0.717) is 30.3 Å². The molecule has 1 aliphatic heterocycles. The number of amides is 1. The third-order valence-corrected chi connectivity index (χ3v) is 7.46. The smallest absolute Gasteiger partial charge is 0.255 e. The van der Waals surface area contributed by atoms with Gasteiger partial charge in [0.15, 0.2) is 0 Å². The molecule has 0 aliphatic carbocycles. The monoisotopic (exact) mass is 404 g/mol. The number of anilines is 1. The molecule has 2 aromatic rings. The van der Waals surface area contributed by atoms with Crippen molar-refractivity contribution in [2.45, 2.75) is 29.6 Å². The van der Waals surface area contributed by atoms with E-state index in [1.54, 1.807) is 23.9 Å². The standard InChI is InChI=1S/C20H24N2O3S2/c1-15-10-12-22(13-11-15)27(24,25)19-8-6-16(7-9-19)20(23)21-17-4-3-5-18(14-17)26-2/h3-9,14-15H,10-13H2,1-2H3,(H,21,23). The molecule has 0 spiro atoms. The van der Waals surface area contributed by atoms with Crippen LogP contribution in [0.5, 0.6) is 0 Å². The first-order valence-corrected chi connectivity index (χ1v) is 11.6. The van der Waals surface area contributed by atoms with Gasteiger partial charge in [-0.3, -0.25) is 4.79 Å². The molecule has 3 rings (SSSR count). The van der Waals surface area contributed by atoms with Crippen LogP contribution in [0.1, 0.15) is 30.1 Å². The molecule has 5 nitrogen and oxygen atoms in total. The molecule has 0 aromatic heterocycles. The predicted octanol–water partition coefficient (Wildman–Crippen LogP) is 4.08. The van der Waals surface area contributed by atoms with Crippen molar-refractivity contribution in [3.05, 3.63) is 54.1 Å². The molecule has 1 aliphatic rings. The van der Waals surface area contributed by atoms with Gasteiger partial charge in [-0.25, -0.2) is 8.42 Å². The average molecular weight is 405 g/mol. The van der Waals surface area contributed by atoms with Gasteiger partial charge in [0.25, 0.3) is 5.91 Å². The minimum atomic E-state index is -3.50. The Balaban J connectivity index is 1.71. The number of rotatable bonds is 5. The highest BCUT2D eigenvalue weighted by atomic mass is 32.2. The average Bonchev–Trinajstić information content (AvgIpc) is 2.68. The predicted molar refractivity (Wildman–Crippen MR) is 110 cm³/mol. The summed E-state index contributed by atoms with van der Waals surface area (Å²) in [6, 6.07) is 13.7. The molecule has 1 heterocycles. The van der Waals surface area contributed by atoms with Gasteiger partial charge in [-0.1, -0.05) is 13.0 Å². The maximum atomic E-state index is 12.8. The molecule has 7 heteroatoms. The highest BCUT2D eigenvalue weighted by Gasteiger charge is 2.28. The van der Waals surface area contributed by atoms with Gasteiger partial charge in [-0.05, 0) is 67.5 Å². The van der Waals surface area contributed by atoms with Crippen LogP contribution in [0.15, 0.2) is 58.3 Å². The third kappa shape index (κ3) is 4.72. The molecule has 27 heavy (non-hydrogen) atoms. The van der Waals surface area contributed by atoms with E-state index >= 15 is 0 Å². The first-order chi connectivity index (χ1) is 12.9. The zero-order chi connectivity index (χ0) is 19.4. The van der Waals surface area contributed by atoms with Gasteiger partial charge in [0.05, 0.1) is 4.90 Å². The minimum Gasteiger partial charge on any atom is -0.322 e. The Kier molecular flexibility index (Phi) is 6.24. The molecule has 1 amide bonds. The van der Waals surface area contributed by atoms with E-state index in [1.165, 1.54) is 16.4 Å². The van der Waals surface area contributed by atoms with Gasteiger partial charge in [-0.15, -0.1) is 11.8 Å². The summed E-state index contributed by atoms with van der Waals surface area (Å²) in [5, 5.41) is 2.85. The maximum Gasteiger partial charge on any atom is 0.255 e. The van der Waals surface area contributed by atoms with Crippen LogP contribution in [-0.4, -0.2) is 38.0 Å². The Morgan fingerprint density at radius 1 is 1.11 bits per heavy atom. The zero-order valence-corrected chi connectivity index (χ0v) is 17.1. The number of thioether (sulfide) groups is 1. The minimum absolute atomic E-state index is 0.234. The summed E-state index contributed by atoms with van der Waals surface area (Å²) in [4.78, 5) is 13.7. The van der Waals surface area contributed by atoms with Crippen molar-refractivity contribution < 1.29 is 13.2 Å². The largest absolute Gasteiger partial charge is 0.322 e. The second kappa shape index (κ2) is 8.46. The van der Waals surface area contributed by atoms with Crippen molar-refractivity contribution in [1.82, 2.24) is 4.31 Å². The fourth-order valence-electron chi connectivity index (χ4n) is 3.06. The number of hydrogen-bond donors (Lipinski definition) is 1. The van der Waals surface area contributed by atoms with Gasteiger partial charge in [-0.2, -0.15) is 4.31 Å². The molecule has 1 saturated heterocycles. The van der Waals surface area contributed by atoms with Crippen molar-refractivity contribution in [2.24, 2.45) is 5.92 Å². The summed E-state index contributed by atoms with van der Waals surface area (Å²) in [7, 11) is -3.50. The fraction of sp³-hybridized carbons (Fsp3) is 0.350. The summed E-state index contributed by atoms with van der Waals surface area (Å²) in [6.07, 6.45) is 3.74. The molecule has 144 valence electrons. The summed E-state index contributed by atoms with van der Waals surface area (Å²) >= 11 is 1.60. The van der Waals surface area contributed by atoms with E-state index in [4.69, 9.17) is 0 Å². The topological polar surface area (TPSA) is 66.5 Å². The Morgan fingerprint density at radius 2 is 1.78 bits per heavy atom. The van der Waals surface area contributed by atoms with E-state index < -0.39 is 10.0 Å². The molecule has 0 atom stereocenters. The molecular weight excluding hydrogens is 380 g/mol. The van der Waals surface area contributed by atoms with Gasteiger partial charge < -0.3 is 5.32 Å². The summed E-state index contributed by atoms with van der Waals surface area (Å²) in [5.74, 6) is 0.302. The Hall–Kier alpha value is -1.83. The van der Waals surface area contributed by atoms with Crippen LogP contribution in [-0.2, 0) is 10.0 Å². The van der Waals surface area contributed by atoms with Crippen LogP contribution in [0.25, 0.3) is 0 Å². The van der Waals surface area contributed by atoms with Gasteiger partial charge >= 0.3 is 0 Å². The van der Waals surface area contributed by atoms with E-state index in [0.717, 1.165) is 17.7 Å².